The van der Waals surface area contributed by atoms with Gasteiger partial charge in [-0.1, -0.05) is 48.5 Å². The van der Waals surface area contributed by atoms with Crippen LogP contribution in [-0.2, 0) is 13.2 Å². The first-order valence-corrected chi connectivity index (χ1v) is 9.68. The molecule has 0 bridgehead atoms. The summed E-state index contributed by atoms with van der Waals surface area (Å²) in [6.07, 6.45) is 5.39. The number of nitrogens with zero attached hydrogens (tertiary/aromatic N) is 2. The van der Waals surface area contributed by atoms with Crippen molar-refractivity contribution in [1.29, 1.82) is 0 Å². The van der Waals surface area contributed by atoms with Gasteiger partial charge in [-0.3, -0.25) is 9.97 Å². The van der Waals surface area contributed by atoms with Gasteiger partial charge >= 0.3 is 0 Å². The zero-order valence-electron chi connectivity index (χ0n) is 16.1. The van der Waals surface area contributed by atoms with E-state index in [0.717, 1.165) is 23.6 Å². The Bertz CT molecular complexity index is 951. The van der Waals surface area contributed by atoms with Crippen LogP contribution in [0.5, 0.6) is 5.75 Å². The Morgan fingerprint density at radius 2 is 1.48 bits per heavy atom. The molecule has 1 N–H and O–H groups in total. The van der Waals surface area contributed by atoms with Crippen LogP contribution in [-0.4, -0.2) is 9.97 Å². The van der Waals surface area contributed by atoms with E-state index >= 15 is 0 Å². The van der Waals surface area contributed by atoms with Crippen molar-refractivity contribution in [3.8, 4) is 5.75 Å². The van der Waals surface area contributed by atoms with Crippen LogP contribution >= 0.6 is 0 Å². The minimum Gasteiger partial charge on any atom is -0.489 e. The molecular formula is C25H23N3O. The summed E-state index contributed by atoms with van der Waals surface area (Å²) in [5.41, 5.74) is 4.50. The third-order valence-corrected chi connectivity index (χ3v) is 4.70. The molecule has 2 heterocycles. The highest BCUT2D eigenvalue weighted by atomic mass is 16.5. The van der Waals surface area contributed by atoms with Gasteiger partial charge in [0.15, 0.2) is 0 Å². The smallest absolute Gasteiger partial charge is 0.119 e. The van der Waals surface area contributed by atoms with Crippen LogP contribution in [0.3, 0.4) is 0 Å². The molecule has 4 aromatic rings. The van der Waals surface area contributed by atoms with E-state index in [1.54, 1.807) is 12.4 Å². The van der Waals surface area contributed by atoms with Crippen molar-refractivity contribution in [2.24, 2.45) is 0 Å². The van der Waals surface area contributed by atoms with Gasteiger partial charge < -0.3 is 10.1 Å². The number of ether oxygens (including phenoxy) is 1. The SMILES string of the molecule is c1ccc([C@H](NCc2ccc(OCc3ccncc3)cc2)c2ccccn2)cc1. The van der Waals surface area contributed by atoms with Gasteiger partial charge in [0.2, 0.25) is 0 Å². The van der Waals surface area contributed by atoms with Crippen LogP contribution in [0.4, 0.5) is 0 Å². The maximum Gasteiger partial charge on any atom is 0.119 e. The fourth-order valence-electron chi connectivity index (χ4n) is 3.15. The van der Waals surface area contributed by atoms with Gasteiger partial charge in [0.1, 0.15) is 12.4 Å². The maximum absolute atomic E-state index is 5.85. The first kappa shape index (κ1) is 18.8. The molecule has 4 rings (SSSR count). The molecular weight excluding hydrogens is 358 g/mol. The van der Waals surface area contributed by atoms with Crippen molar-refractivity contribution in [3.63, 3.8) is 0 Å². The van der Waals surface area contributed by atoms with E-state index in [2.05, 4.69) is 57.7 Å². The zero-order chi connectivity index (χ0) is 19.7. The molecule has 29 heavy (non-hydrogen) atoms. The summed E-state index contributed by atoms with van der Waals surface area (Å²) < 4.78 is 5.85. The van der Waals surface area contributed by atoms with E-state index in [0.29, 0.717) is 6.61 Å². The molecule has 2 aromatic carbocycles. The molecule has 1 atom stereocenters. The fourth-order valence-corrected chi connectivity index (χ4v) is 3.15. The lowest BCUT2D eigenvalue weighted by Gasteiger charge is -2.19. The van der Waals surface area contributed by atoms with Gasteiger partial charge in [-0.15, -0.1) is 0 Å². The van der Waals surface area contributed by atoms with Crippen molar-refractivity contribution in [2.75, 3.05) is 0 Å². The van der Waals surface area contributed by atoms with Crippen molar-refractivity contribution in [3.05, 3.63) is 126 Å². The first-order chi connectivity index (χ1) is 14.4. The van der Waals surface area contributed by atoms with Crippen LogP contribution in [0, 0.1) is 0 Å². The van der Waals surface area contributed by atoms with Crippen LogP contribution in [0.2, 0.25) is 0 Å². The summed E-state index contributed by atoms with van der Waals surface area (Å²) in [7, 11) is 0. The Labute approximate surface area is 171 Å². The largest absolute Gasteiger partial charge is 0.489 e. The number of rotatable bonds is 8. The van der Waals surface area contributed by atoms with E-state index in [1.807, 2.05) is 48.7 Å². The van der Waals surface area contributed by atoms with Gasteiger partial charge in [-0.25, -0.2) is 0 Å². The summed E-state index contributed by atoms with van der Waals surface area (Å²) in [5.74, 6) is 0.856. The molecule has 0 aliphatic rings. The average Bonchev–Trinajstić information content (AvgIpc) is 2.81. The zero-order valence-corrected chi connectivity index (χ0v) is 16.1. The van der Waals surface area contributed by atoms with Crippen LogP contribution < -0.4 is 10.1 Å². The van der Waals surface area contributed by atoms with Crippen LogP contribution in [0.15, 0.2) is 104 Å². The number of pyridine rings is 2. The number of hydrogen-bond donors (Lipinski definition) is 1. The van der Waals surface area contributed by atoms with Crippen molar-refractivity contribution >= 4 is 0 Å². The van der Waals surface area contributed by atoms with Crippen LogP contribution in [0.25, 0.3) is 0 Å². The van der Waals surface area contributed by atoms with Gasteiger partial charge in [0.05, 0.1) is 11.7 Å². The second-order valence-corrected chi connectivity index (χ2v) is 6.77. The molecule has 0 radical (unpaired) electrons. The van der Waals surface area contributed by atoms with Crippen molar-refractivity contribution in [2.45, 2.75) is 19.2 Å². The molecule has 4 heteroatoms. The Morgan fingerprint density at radius 1 is 0.724 bits per heavy atom. The van der Waals surface area contributed by atoms with Gasteiger partial charge in [-0.2, -0.15) is 0 Å². The second-order valence-electron chi connectivity index (χ2n) is 6.77. The fraction of sp³-hybridized carbons (Fsp3) is 0.120. The molecule has 0 aliphatic heterocycles. The normalized spacial score (nSPS) is 11.7. The Hall–Kier alpha value is -3.50. The predicted octanol–water partition coefficient (Wildman–Crippen LogP) is 4.93. The highest BCUT2D eigenvalue weighted by Crippen LogP contribution is 2.21. The lowest BCUT2D eigenvalue weighted by molar-refractivity contribution is 0.306. The Morgan fingerprint density at radius 3 is 2.21 bits per heavy atom. The third kappa shape index (κ3) is 5.27. The topological polar surface area (TPSA) is 47.0 Å². The number of aromatic nitrogens is 2. The molecule has 144 valence electrons. The van der Waals surface area contributed by atoms with E-state index < -0.39 is 0 Å². The second kappa shape index (κ2) is 9.62. The molecule has 0 spiro atoms. The lowest BCUT2D eigenvalue weighted by Crippen LogP contribution is -2.22. The van der Waals surface area contributed by atoms with E-state index in [1.165, 1.54) is 11.1 Å². The standard InChI is InChI=1S/C25H23N3O/c1-2-6-22(7-3-1)25(24-8-4-5-15-27-24)28-18-20-9-11-23(12-10-20)29-19-21-13-16-26-17-14-21/h1-17,25,28H,18-19H2/t25-/m0/s1. The molecule has 0 amide bonds. The highest BCUT2D eigenvalue weighted by molar-refractivity contribution is 5.30. The lowest BCUT2D eigenvalue weighted by atomic mass is 10.0. The summed E-state index contributed by atoms with van der Waals surface area (Å²) in [6, 6.07) is 28.6. The monoisotopic (exact) mass is 381 g/mol. The Kier molecular flexibility index (Phi) is 6.25. The van der Waals surface area contributed by atoms with Gasteiger partial charge in [-0.05, 0) is 53.1 Å². The third-order valence-electron chi connectivity index (χ3n) is 4.70. The molecule has 0 fully saturated rings. The van der Waals surface area contributed by atoms with Gasteiger partial charge in [0, 0.05) is 25.1 Å². The predicted molar refractivity (Wildman–Crippen MR) is 114 cm³/mol. The number of benzene rings is 2. The molecule has 2 aromatic heterocycles. The summed E-state index contributed by atoms with van der Waals surface area (Å²) in [4.78, 5) is 8.57. The van der Waals surface area contributed by atoms with Crippen LogP contribution in [0.1, 0.15) is 28.4 Å². The van der Waals surface area contributed by atoms with Crippen molar-refractivity contribution in [1.82, 2.24) is 15.3 Å². The molecule has 0 aliphatic carbocycles. The minimum absolute atomic E-state index is 0.0417. The quantitative estimate of drug-likeness (QED) is 0.470. The van der Waals surface area contributed by atoms with E-state index in [4.69, 9.17) is 4.74 Å². The maximum atomic E-state index is 5.85. The number of hydrogen-bond acceptors (Lipinski definition) is 4. The summed E-state index contributed by atoms with van der Waals surface area (Å²) in [6.45, 7) is 1.27. The summed E-state index contributed by atoms with van der Waals surface area (Å²) in [5, 5.41) is 3.64. The summed E-state index contributed by atoms with van der Waals surface area (Å²) >= 11 is 0. The van der Waals surface area contributed by atoms with Crippen molar-refractivity contribution < 1.29 is 4.74 Å². The molecule has 0 saturated heterocycles. The van der Waals surface area contributed by atoms with Gasteiger partial charge in [0.25, 0.3) is 0 Å². The molecule has 0 saturated carbocycles. The molecule has 0 unspecified atom stereocenters. The Balaban J connectivity index is 1.40. The average molecular weight is 381 g/mol. The number of nitrogens with one attached hydrogen (secondary N) is 1. The van der Waals surface area contributed by atoms with E-state index in [-0.39, 0.29) is 6.04 Å². The highest BCUT2D eigenvalue weighted by Gasteiger charge is 2.14. The van der Waals surface area contributed by atoms with E-state index in [9.17, 15) is 0 Å². The minimum atomic E-state index is 0.0417. The molecule has 4 nitrogen and oxygen atoms in total. The first-order valence-electron chi connectivity index (χ1n) is 9.68.